The Morgan fingerprint density at radius 1 is 1.08 bits per heavy atom. The van der Waals surface area contributed by atoms with Crippen molar-refractivity contribution < 1.29 is 23.0 Å². The molecule has 2 fully saturated rings. The maximum atomic E-state index is 13.4. The molecular weight excluding hydrogens is 664 g/mol. The summed E-state index contributed by atoms with van der Waals surface area (Å²) in [6.07, 6.45) is 2.01. The van der Waals surface area contributed by atoms with Crippen molar-refractivity contribution in [2.75, 3.05) is 31.1 Å². The highest BCUT2D eigenvalue weighted by molar-refractivity contribution is 6.31. The lowest BCUT2D eigenvalue weighted by atomic mass is 9.61. The van der Waals surface area contributed by atoms with E-state index in [0.717, 1.165) is 73.9 Å². The molecule has 0 N–H and O–H groups in total. The summed E-state index contributed by atoms with van der Waals surface area (Å²) in [7, 11) is 0. The maximum Gasteiger partial charge on any atom is 0.343 e. The number of ether oxygens (including phenoxy) is 2. The van der Waals surface area contributed by atoms with Crippen LogP contribution in [0.15, 0.2) is 60.8 Å². The number of fused-ring (bicyclic) bond motifs is 1. The monoisotopic (exact) mass is 703 g/mol. The van der Waals surface area contributed by atoms with E-state index in [2.05, 4.69) is 49.3 Å². The molecule has 4 heterocycles. The third kappa shape index (κ3) is 7.22. The second kappa shape index (κ2) is 14.1. The summed E-state index contributed by atoms with van der Waals surface area (Å²) in [6.45, 7) is 8.65. The second-order valence-corrected chi connectivity index (χ2v) is 14.3. The van der Waals surface area contributed by atoms with Crippen LogP contribution in [0, 0.1) is 12.3 Å². The van der Waals surface area contributed by atoms with Crippen LogP contribution < -0.4 is 14.4 Å². The van der Waals surface area contributed by atoms with Gasteiger partial charge >= 0.3 is 6.01 Å². The summed E-state index contributed by atoms with van der Waals surface area (Å²) in [5.41, 5.74) is 4.61. The van der Waals surface area contributed by atoms with E-state index in [9.17, 15) is 13.6 Å². The first-order chi connectivity index (χ1) is 24.1. The molecule has 0 atom stereocenters. The van der Waals surface area contributed by atoms with E-state index in [1.165, 1.54) is 11.1 Å². The number of aromatic nitrogens is 4. The number of hydrogen-bond donors (Lipinski definition) is 0. The van der Waals surface area contributed by atoms with Gasteiger partial charge in [0.2, 0.25) is 0 Å². The molecule has 0 bridgehead atoms. The van der Waals surface area contributed by atoms with Crippen LogP contribution in [-0.2, 0) is 19.5 Å². The lowest BCUT2D eigenvalue weighted by Crippen LogP contribution is -2.65. The van der Waals surface area contributed by atoms with E-state index in [1.807, 2.05) is 30.2 Å². The van der Waals surface area contributed by atoms with Gasteiger partial charge in [-0.3, -0.25) is 14.7 Å². The summed E-state index contributed by atoms with van der Waals surface area (Å²) in [5, 5.41) is 8.21. The number of hydrogen-bond acceptors (Lipinski definition) is 9. The van der Waals surface area contributed by atoms with Gasteiger partial charge in [0.15, 0.2) is 11.0 Å². The number of aryl methyl sites for hydroxylation is 1. The third-order valence-electron chi connectivity index (χ3n) is 9.76. The molecule has 2 aromatic carbocycles. The molecule has 1 spiro atoms. The maximum absolute atomic E-state index is 13.4. The highest BCUT2D eigenvalue weighted by atomic mass is 35.5. The Labute approximate surface area is 295 Å². The van der Waals surface area contributed by atoms with Gasteiger partial charge in [0, 0.05) is 68.1 Å². The summed E-state index contributed by atoms with van der Waals surface area (Å²) < 4.78 is 39.1. The van der Waals surface area contributed by atoms with Gasteiger partial charge in [0.05, 0.1) is 12.1 Å². The molecule has 10 nitrogen and oxygen atoms in total. The number of halogens is 3. The van der Waals surface area contributed by atoms with E-state index >= 15 is 0 Å². The number of rotatable bonds is 11. The molecule has 3 aliphatic rings. The smallest absolute Gasteiger partial charge is 0.343 e. The quantitative estimate of drug-likeness (QED) is 0.168. The van der Waals surface area contributed by atoms with Gasteiger partial charge in [0.25, 0.3) is 12.3 Å². The summed E-state index contributed by atoms with van der Waals surface area (Å²) in [6, 6.07) is 17.0. The first-order valence-corrected chi connectivity index (χ1v) is 17.4. The second-order valence-electron chi connectivity index (χ2n) is 13.9. The fourth-order valence-corrected chi connectivity index (χ4v) is 7.46. The van der Waals surface area contributed by atoms with Crippen molar-refractivity contribution in [2.24, 2.45) is 5.41 Å². The number of benzene rings is 2. The average molecular weight is 704 g/mol. The molecule has 2 aromatic heterocycles. The SMILES string of the molecule is Cc1ccc(Oc2nnc(Cl)c(N3CC4(CC(Oc5ccnc6c5CN(Cc5ccccc5)CC6)C4)C3)n2)c(C(=O)N(CC(F)F)C(C)C)c1. The Hall–Kier alpha value is -4.42. The van der Waals surface area contributed by atoms with E-state index in [-0.39, 0.29) is 34.0 Å². The van der Waals surface area contributed by atoms with Gasteiger partial charge in [-0.1, -0.05) is 58.7 Å². The molecule has 0 unspecified atom stereocenters. The van der Waals surface area contributed by atoms with Gasteiger partial charge in [-0.15, -0.1) is 5.10 Å². The number of alkyl halides is 2. The van der Waals surface area contributed by atoms with Crippen molar-refractivity contribution in [3.63, 3.8) is 0 Å². The Kier molecular flexibility index (Phi) is 9.58. The van der Waals surface area contributed by atoms with E-state index < -0.39 is 24.9 Å². The van der Waals surface area contributed by atoms with Crippen LogP contribution in [0.1, 0.15) is 59.4 Å². The van der Waals surface area contributed by atoms with Crippen molar-refractivity contribution in [3.8, 4) is 17.5 Å². The minimum absolute atomic E-state index is 0.0909. The molecule has 1 saturated heterocycles. The van der Waals surface area contributed by atoms with Crippen LogP contribution in [0.3, 0.4) is 0 Å². The average Bonchev–Trinajstić information content (AvgIpc) is 3.06. The molecule has 0 radical (unpaired) electrons. The van der Waals surface area contributed by atoms with Crippen molar-refractivity contribution in [1.29, 1.82) is 0 Å². The van der Waals surface area contributed by atoms with E-state index in [0.29, 0.717) is 5.82 Å². The predicted octanol–water partition coefficient (Wildman–Crippen LogP) is 6.74. The largest absolute Gasteiger partial charge is 0.490 e. The highest BCUT2D eigenvalue weighted by Crippen LogP contribution is 2.51. The topological polar surface area (TPSA) is 96.8 Å². The van der Waals surface area contributed by atoms with Gasteiger partial charge in [0.1, 0.15) is 17.6 Å². The van der Waals surface area contributed by atoms with Crippen LogP contribution in [0.5, 0.6) is 17.5 Å². The molecular formula is C37H40ClF2N7O3. The molecule has 4 aromatic rings. The molecule has 7 rings (SSSR count). The van der Waals surface area contributed by atoms with Gasteiger partial charge in [-0.25, -0.2) is 8.78 Å². The van der Waals surface area contributed by atoms with E-state index in [4.69, 9.17) is 21.1 Å². The molecule has 13 heteroatoms. The standard InChI is InChI=1S/C37H40ClF2N7O3/c1-23(2)47(20-32(39)40)35(48)27-15-24(3)9-10-30(27)50-36-42-34(33(38)43-44-36)46-21-37(22-46)16-26(17-37)49-31-11-13-41-29-12-14-45(19-28(29)31)18-25-7-5-4-6-8-25/h4-11,13,15,23,26,32H,12,14,16-22H2,1-3H3. The van der Waals surface area contributed by atoms with E-state index in [1.54, 1.807) is 32.0 Å². The number of pyridine rings is 1. The number of amides is 1. The van der Waals surface area contributed by atoms with Crippen molar-refractivity contribution >= 4 is 23.3 Å². The molecule has 1 saturated carbocycles. The zero-order valence-corrected chi connectivity index (χ0v) is 29.1. The van der Waals surface area contributed by atoms with Crippen LogP contribution in [0.25, 0.3) is 0 Å². The van der Waals surface area contributed by atoms with Crippen molar-refractivity contribution in [1.82, 2.24) is 30.0 Å². The Balaban J connectivity index is 0.981. The Morgan fingerprint density at radius 3 is 2.60 bits per heavy atom. The molecule has 1 aliphatic carbocycles. The normalized spacial score (nSPS) is 17.0. The van der Waals surface area contributed by atoms with Crippen LogP contribution >= 0.6 is 11.6 Å². The Morgan fingerprint density at radius 2 is 1.86 bits per heavy atom. The summed E-state index contributed by atoms with van der Waals surface area (Å²) in [4.78, 5) is 28.2. The lowest BCUT2D eigenvalue weighted by Gasteiger charge is -2.58. The van der Waals surface area contributed by atoms with Crippen LogP contribution in [-0.4, -0.2) is 80.6 Å². The zero-order valence-electron chi connectivity index (χ0n) is 28.4. The Bertz CT molecular complexity index is 1850. The minimum atomic E-state index is -2.67. The predicted molar refractivity (Wildman–Crippen MR) is 185 cm³/mol. The van der Waals surface area contributed by atoms with Crippen molar-refractivity contribution in [3.05, 3.63) is 93.9 Å². The number of carbonyl (C=O) groups excluding carboxylic acids is 1. The molecule has 2 aliphatic heterocycles. The number of carbonyl (C=O) groups is 1. The third-order valence-corrected chi connectivity index (χ3v) is 10.0. The fourth-order valence-electron chi connectivity index (χ4n) is 7.26. The summed E-state index contributed by atoms with van der Waals surface area (Å²) in [5.74, 6) is 0.948. The first-order valence-electron chi connectivity index (χ1n) is 17.0. The number of anilines is 1. The van der Waals surface area contributed by atoms with Gasteiger partial charge < -0.3 is 19.3 Å². The number of nitrogens with zero attached hydrogens (tertiary/aromatic N) is 7. The minimum Gasteiger partial charge on any atom is -0.490 e. The fraction of sp³-hybridized carbons (Fsp3) is 0.432. The first kappa shape index (κ1) is 34.0. The van der Waals surface area contributed by atoms with Gasteiger partial charge in [-0.2, -0.15) is 4.98 Å². The molecule has 1 amide bonds. The zero-order chi connectivity index (χ0) is 35.0. The lowest BCUT2D eigenvalue weighted by molar-refractivity contribution is -0.0352. The van der Waals surface area contributed by atoms with Crippen molar-refractivity contribution in [2.45, 2.75) is 71.7 Å². The molecule has 262 valence electrons. The highest BCUT2D eigenvalue weighted by Gasteiger charge is 2.54. The summed E-state index contributed by atoms with van der Waals surface area (Å²) >= 11 is 6.45. The molecule has 50 heavy (non-hydrogen) atoms. The van der Waals surface area contributed by atoms with Gasteiger partial charge in [-0.05, 0) is 57.4 Å². The van der Waals surface area contributed by atoms with Crippen LogP contribution in [0.4, 0.5) is 14.6 Å². The van der Waals surface area contributed by atoms with Crippen LogP contribution in [0.2, 0.25) is 5.15 Å².